The molecule has 1 aromatic carbocycles. The molecule has 0 aliphatic carbocycles. The van der Waals surface area contributed by atoms with E-state index in [4.69, 9.17) is 4.74 Å². The first-order valence-corrected chi connectivity index (χ1v) is 15.6. The maximum Gasteiger partial charge on any atom is 0.310 e. The fourth-order valence-electron chi connectivity index (χ4n) is 4.83. The number of H-pyrrole nitrogens is 1. The fourth-order valence-corrected chi connectivity index (χ4v) is 8.35. The van der Waals surface area contributed by atoms with Crippen molar-refractivity contribution >= 4 is 55.3 Å². The van der Waals surface area contributed by atoms with Gasteiger partial charge in [-0.3, -0.25) is 14.0 Å². The van der Waals surface area contributed by atoms with Gasteiger partial charge in [-0.15, -0.1) is 22.7 Å². The number of sulfonamides is 1. The quantitative estimate of drug-likeness (QED) is 0.279. The first-order valence-electron chi connectivity index (χ1n) is 12.4. The number of fused-ring (bicyclic) bond motifs is 1. The lowest BCUT2D eigenvalue weighted by molar-refractivity contribution is -0.150. The predicted octanol–water partition coefficient (Wildman–Crippen LogP) is 5.34. The molecule has 5 rings (SSSR count). The molecule has 196 valence electrons. The van der Waals surface area contributed by atoms with Crippen LogP contribution in [0.25, 0.3) is 21.6 Å². The van der Waals surface area contributed by atoms with Crippen LogP contribution in [0, 0.1) is 5.92 Å². The zero-order chi connectivity index (χ0) is 26.0. The van der Waals surface area contributed by atoms with Crippen molar-refractivity contribution < 1.29 is 17.9 Å². The molecule has 1 unspecified atom stereocenters. The summed E-state index contributed by atoms with van der Waals surface area (Å²) in [5.41, 5.74) is 2.24. The number of piperidine rings is 1. The summed E-state index contributed by atoms with van der Waals surface area (Å²) in [5, 5.41) is 3.55. The highest BCUT2D eigenvalue weighted by Gasteiger charge is 2.28. The normalized spacial score (nSPS) is 16.8. The minimum Gasteiger partial charge on any atom is -0.466 e. The third-order valence-corrected chi connectivity index (χ3v) is 10.8. The lowest BCUT2D eigenvalue weighted by Gasteiger charge is -2.30. The number of thiophene rings is 1. The van der Waals surface area contributed by atoms with E-state index in [9.17, 15) is 13.2 Å². The Hall–Kier alpha value is -2.73. The van der Waals surface area contributed by atoms with Crippen molar-refractivity contribution in [3.63, 3.8) is 0 Å². The van der Waals surface area contributed by atoms with Gasteiger partial charge < -0.3 is 9.72 Å². The first-order chi connectivity index (χ1) is 17.9. The van der Waals surface area contributed by atoms with Gasteiger partial charge in [0.25, 0.3) is 10.0 Å². The van der Waals surface area contributed by atoms with Gasteiger partial charge in [0.1, 0.15) is 9.22 Å². The lowest BCUT2D eigenvalue weighted by atomic mass is 9.98. The van der Waals surface area contributed by atoms with Gasteiger partial charge in [0.05, 0.1) is 29.4 Å². The Morgan fingerprint density at radius 2 is 2.14 bits per heavy atom. The monoisotopic (exact) mass is 558 g/mol. The number of aromatic amines is 1. The number of thiazole rings is 1. The molecule has 1 aliphatic rings. The molecule has 1 N–H and O–H groups in total. The number of hydrogen-bond donors (Lipinski definition) is 1. The van der Waals surface area contributed by atoms with E-state index >= 15 is 0 Å². The van der Waals surface area contributed by atoms with E-state index in [0.717, 1.165) is 52.4 Å². The minimum absolute atomic E-state index is 0.0693. The molecule has 4 aromatic rings. The number of hydrogen-bond acceptors (Lipinski definition) is 8. The number of nitrogens with zero attached hydrogens (tertiary/aromatic N) is 3. The van der Waals surface area contributed by atoms with Gasteiger partial charge in [0, 0.05) is 36.1 Å². The Kier molecular flexibility index (Phi) is 7.66. The summed E-state index contributed by atoms with van der Waals surface area (Å²) in [5.74, 6) is -0.173. The maximum absolute atomic E-state index is 13.3. The number of anilines is 1. The summed E-state index contributed by atoms with van der Waals surface area (Å²) in [4.78, 5) is 23.7. The summed E-state index contributed by atoms with van der Waals surface area (Å²) in [7, 11) is -3.65. The number of benzene rings is 1. The lowest BCUT2D eigenvalue weighted by Crippen LogP contribution is -2.38. The summed E-state index contributed by atoms with van der Waals surface area (Å²) in [6, 6.07) is 11.1. The Morgan fingerprint density at radius 1 is 1.27 bits per heavy atom. The van der Waals surface area contributed by atoms with Crippen LogP contribution in [0.2, 0.25) is 0 Å². The van der Waals surface area contributed by atoms with E-state index in [-0.39, 0.29) is 11.9 Å². The van der Waals surface area contributed by atoms with Crippen molar-refractivity contribution in [1.82, 2.24) is 14.9 Å². The van der Waals surface area contributed by atoms with Crippen LogP contribution >= 0.6 is 22.7 Å². The van der Waals surface area contributed by atoms with Crippen molar-refractivity contribution in [1.29, 1.82) is 0 Å². The number of carbonyl (C=O) groups excluding carboxylic acids is 1. The van der Waals surface area contributed by atoms with E-state index in [1.807, 2.05) is 44.3 Å². The zero-order valence-corrected chi connectivity index (χ0v) is 23.3. The maximum atomic E-state index is 13.3. The molecule has 1 saturated heterocycles. The van der Waals surface area contributed by atoms with Gasteiger partial charge in [-0.25, -0.2) is 13.4 Å². The van der Waals surface area contributed by atoms with Crippen molar-refractivity contribution in [3.8, 4) is 10.7 Å². The number of aromatic nitrogens is 2. The Bertz CT molecular complexity index is 1480. The Labute approximate surface area is 225 Å². The van der Waals surface area contributed by atoms with Crippen molar-refractivity contribution in [3.05, 3.63) is 52.9 Å². The predicted molar refractivity (Wildman–Crippen MR) is 149 cm³/mol. The van der Waals surface area contributed by atoms with Gasteiger partial charge in [-0.05, 0) is 56.8 Å². The van der Waals surface area contributed by atoms with Gasteiger partial charge in [-0.1, -0.05) is 18.2 Å². The van der Waals surface area contributed by atoms with Gasteiger partial charge >= 0.3 is 5.97 Å². The van der Waals surface area contributed by atoms with E-state index in [0.29, 0.717) is 29.6 Å². The number of ether oxygens (including phenoxy) is 1. The number of likely N-dealkylation sites (tertiary alicyclic amines) is 1. The molecule has 4 heterocycles. The molecule has 8 nitrogen and oxygen atoms in total. The molecular formula is C26H30N4O4S3. The van der Waals surface area contributed by atoms with E-state index in [1.54, 1.807) is 28.8 Å². The molecule has 0 spiro atoms. The largest absolute Gasteiger partial charge is 0.466 e. The molecule has 1 aliphatic heterocycles. The minimum atomic E-state index is -3.65. The zero-order valence-electron chi connectivity index (χ0n) is 20.8. The topological polar surface area (TPSA) is 95.6 Å². The van der Waals surface area contributed by atoms with Gasteiger partial charge in [-0.2, -0.15) is 0 Å². The second-order valence-electron chi connectivity index (χ2n) is 8.98. The highest BCUT2D eigenvalue weighted by molar-refractivity contribution is 7.94. The Balaban J connectivity index is 1.38. The number of para-hydroxylation sites is 1. The van der Waals surface area contributed by atoms with Crippen LogP contribution in [0.5, 0.6) is 0 Å². The van der Waals surface area contributed by atoms with Crippen LogP contribution in [-0.2, 0) is 26.1 Å². The van der Waals surface area contributed by atoms with E-state index < -0.39 is 10.0 Å². The van der Waals surface area contributed by atoms with Gasteiger partial charge in [0.2, 0.25) is 0 Å². The molecule has 0 amide bonds. The number of nitrogens with one attached hydrogen (secondary N) is 1. The molecule has 1 atom stereocenters. The summed E-state index contributed by atoms with van der Waals surface area (Å²) < 4.78 is 33.6. The van der Waals surface area contributed by atoms with Crippen molar-refractivity contribution in [2.24, 2.45) is 5.92 Å². The van der Waals surface area contributed by atoms with Crippen LogP contribution in [0.1, 0.15) is 31.6 Å². The van der Waals surface area contributed by atoms with Crippen LogP contribution in [-0.4, -0.2) is 55.5 Å². The summed E-state index contributed by atoms with van der Waals surface area (Å²) in [6.45, 7) is 6.80. The molecular weight excluding hydrogens is 529 g/mol. The standard InChI is InChI=1S/C26H30N4O4S3/c1-3-30(37(32,33)23-11-7-13-35-23)22-10-5-8-18-14-21(28-24(18)22)25-27-15-20(36-25)17-29-12-6-9-19(16-29)26(31)34-4-2/h5,7-8,10-11,13-15,19,28H,3-4,6,9,12,16-17H2,1-2H3. The SMILES string of the molecule is CCOC(=O)C1CCCN(Cc2cnc(-c3cc4cccc(N(CC)S(=O)(=O)c5cccs5)c4[nH]3)s2)C1. The van der Waals surface area contributed by atoms with Crippen molar-refractivity contribution in [2.75, 3.05) is 30.5 Å². The van der Waals surface area contributed by atoms with Gasteiger partial charge in [0.15, 0.2) is 0 Å². The molecule has 37 heavy (non-hydrogen) atoms. The molecule has 1 fully saturated rings. The third kappa shape index (κ3) is 5.31. The molecule has 0 saturated carbocycles. The molecule has 11 heteroatoms. The molecule has 0 radical (unpaired) electrons. The second kappa shape index (κ2) is 10.9. The van der Waals surface area contributed by atoms with Crippen LogP contribution < -0.4 is 4.31 Å². The smallest absolute Gasteiger partial charge is 0.310 e. The van der Waals surface area contributed by atoms with E-state index in [2.05, 4.69) is 14.9 Å². The highest BCUT2D eigenvalue weighted by atomic mass is 32.2. The summed E-state index contributed by atoms with van der Waals surface area (Å²) >= 11 is 2.83. The van der Waals surface area contributed by atoms with Crippen LogP contribution in [0.3, 0.4) is 0 Å². The fraction of sp³-hybridized carbons (Fsp3) is 0.385. The van der Waals surface area contributed by atoms with Crippen LogP contribution in [0.15, 0.2) is 52.2 Å². The second-order valence-corrected chi connectivity index (χ2v) is 13.1. The summed E-state index contributed by atoms with van der Waals surface area (Å²) in [6.07, 6.45) is 3.74. The number of rotatable bonds is 9. The molecule has 3 aromatic heterocycles. The first kappa shape index (κ1) is 25.9. The average molecular weight is 559 g/mol. The Morgan fingerprint density at radius 3 is 2.89 bits per heavy atom. The number of esters is 1. The highest BCUT2D eigenvalue weighted by Crippen LogP contribution is 2.35. The number of carbonyl (C=O) groups is 1. The third-order valence-electron chi connectivity index (χ3n) is 6.52. The van der Waals surface area contributed by atoms with Crippen molar-refractivity contribution in [2.45, 2.75) is 37.4 Å². The van der Waals surface area contributed by atoms with Crippen LogP contribution in [0.4, 0.5) is 5.69 Å². The average Bonchev–Trinajstić information content (AvgIpc) is 3.65. The molecule has 0 bridgehead atoms. The van der Waals surface area contributed by atoms with E-state index in [1.165, 1.54) is 15.6 Å².